The fraction of sp³-hybridized carbons (Fsp3) is 0.304. The molecule has 0 radical (unpaired) electrons. The number of rotatable bonds is 5. The van der Waals surface area contributed by atoms with E-state index >= 15 is 0 Å². The van der Waals surface area contributed by atoms with Crippen molar-refractivity contribution in [3.05, 3.63) is 77.1 Å². The summed E-state index contributed by atoms with van der Waals surface area (Å²) in [6.45, 7) is 4.29. The third kappa shape index (κ3) is 4.53. The lowest BCUT2D eigenvalue weighted by Crippen LogP contribution is -2.51. The molecule has 1 aliphatic heterocycles. The Kier molecular flexibility index (Phi) is 6.31. The van der Waals surface area contributed by atoms with Crippen molar-refractivity contribution in [3.63, 3.8) is 0 Å². The highest BCUT2D eigenvalue weighted by molar-refractivity contribution is 7.89. The van der Waals surface area contributed by atoms with Crippen molar-refractivity contribution >= 4 is 15.9 Å². The van der Waals surface area contributed by atoms with Crippen molar-refractivity contribution in [1.82, 2.24) is 19.0 Å². The molecular formula is C23H24F2N4O3S. The molecule has 0 atom stereocenters. The van der Waals surface area contributed by atoms with Gasteiger partial charge in [0.15, 0.2) is 0 Å². The van der Waals surface area contributed by atoms with Gasteiger partial charge in [0.1, 0.15) is 16.5 Å². The molecule has 2 heterocycles. The lowest BCUT2D eigenvalue weighted by molar-refractivity contribution is -0.131. The second-order valence-corrected chi connectivity index (χ2v) is 9.84. The third-order valence-corrected chi connectivity index (χ3v) is 7.82. The van der Waals surface area contributed by atoms with Crippen LogP contribution in [-0.4, -0.2) is 59.5 Å². The van der Waals surface area contributed by atoms with Gasteiger partial charge < -0.3 is 4.90 Å². The molecular weight excluding hydrogens is 450 g/mol. The first-order chi connectivity index (χ1) is 15.7. The topological polar surface area (TPSA) is 75.5 Å². The SMILES string of the molecule is Cc1nn(-c2ccc(F)cc2)c(C)c1CC(=O)N1CCN(S(=O)(=O)c2ccccc2F)CC1. The highest BCUT2D eigenvalue weighted by Gasteiger charge is 2.32. The van der Waals surface area contributed by atoms with Gasteiger partial charge in [0.05, 0.1) is 17.8 Å². The zero-order valence-electron chi connectivity index (χ0n) is 18.3. The van der Waals surface area contributed by atoms with Crippen molar-refractivity contribution in [3.8, 4) is 5.69 Å². The smallest absolute Gasteiger partial charge is 0.246 e. The Hall–Kier alpha value is -3.11. The van der Waals surface area contributed by atoms with Gasteiger partial charge in [0.25, 0.3) is 0 Å². The van der Waals surface area contributed by atoms with Crippen LogP contribution in [-0.2, 0) is 21.2 Å². The summed E-state index contributed by atoms with van der Waals surface area (Å²) < 4.78 is 55.7. The molecule has 1 aromatic heterocycles. The molecule has 0 aliphatic carbocycles. The standard InChI is InChI=1S/C23H24F2N4O3S/c1-16-20(17(2)29(26-16)19-9-7-18(24)8-10-19)15-23(30)27-11-13-28(14-12-27)33(31,32)22-6-4-3-5-21(22)25/h3-10H,11-15H2,1-2H3. The lowest BCUT2D eigenvalue weighted by Gasteiger charge is -2.34. The molecule has 174 valence electrons. The Morgan fingerprint density at radius 2 is 1.61 bits per heavy atom. The Bertz CT molecular complexity index is 1280. The molecule has 3 aromatic rings. The maximum absolute atomic E-state index is 14.0. The first-order valence-corrected chi connectivity index (χ1v) is 12.0. The van der Waals surface area contributed by atoms with E-state index in [2.05, 4.69) is 5.10 Å². The number of hydrogen-bond donors (Lipinski definition) is 0. The van der Waals surface area contributed by atoms with E-state index in [1.165, 1.54) is 34.6 Å². The molecule has 1 aliphatic rings. The maximum Gasteiger partial charge on any atom is 0.246 e. The number of amides is 1. The largest absolute Gasteiger partial charge is 0.340 e. The van der Waals surface area contributed by atoms with Gasteiger partial charge in [0.2, 0.25) is 15.9 Å². The van der Waals surface area contributed by atoms with Crippen molar-refractivity contribution < 1.29 is 22.0 Å². The van der Waals surface area contributed by atoms with Gasteiger partial charge in [-0.2, -0.15) is 9.40 Å². The van der Waals surface area contributed by atoms with Crippen LogP contribution in [0.15, 0.2) is 53.4 Å². The van der Waals surface area contributed by atoms with Crippen LogP contribution in [0.1, 0.15) is 17.0 Å². The van der Waals surface area contributed by atoms with E-state index in [0.717, 1.165) is 17.3 Å². The van der Waals surface area contributed by atoms with Crippen LogP contribution in [0.4, 0.5) is 8.78 Å². The molecule has 1 amide bonds. The number of aryl methyl sites for hydroxylation is 1. The van der Waals surface area contributed by atoms with Crippen molar-refractivity contribution in [2.24, 2.45) is 0 Å². The van der Waals surface area contributed by atoms with Gasteiger partial charge in [-0.25, -0.2) is 21.9 Å². The minimum atomic E-state index is -3.96. The number of piperazine rings is 1. The van der Waals surface area contributed by atoms with Gasteiger partial charge in [-0.15, -0.1) is 0 Å². The van der Waals surface area contributed by atoms with Gasteiger partial charge >= 0.3 is 0 Å². The molecule has 0 spiro atoms. The number of aromatic nitrogens is 2. The number of benzene rings is 2. The molecule has 4 rings (SSSR count). The minimum Gasteiger partial charge on any atom is -0.340 e. The van der Waals surface area contributed by atoms with Crippen molar-refractivity contribution in [2.45, 2.75) is 25.2 Å². The monoisotopic (exact) mass is 474 g/mol. The summed E-state index contributed by atoms with van der Waals surface area (Å²) in [5, 5.41) is 4.49. The van der Waals surface area contributed by atoms with Gasteiger partial charge in [0, 0.05) is 37.4 Å². The van der Waals surface area contributed by atoms with E-state index in [4.69, 9.17) is 0 Å². The van der Waals surface area contributed by atoms with Crippen molar-refractivity contribution in [1.29, 1.82) is 0 Å². The van der Waals surface area contributed by atoms with Gasteiger partial charge in [-0.05, 0) is 50.2 Å². The normalized spacial score (nSPS) is 15.1. The Balaban J connectivity index is 1.44. The number of sulfonamides is 1. The molecule has 0 unspecified atom stereocenters. The fourth-order valence-corrected chi connectivity index (χ4v) is 5.49. The molecule has 1 fully saturated rings. The van der Waals surface area contributed by atoms with Crippen LogP contribution in [0.25, 0.3) is 5.69 Å². The molecule has 0 bridgehead atoms. The molecule has 7 nitrogen and oxygen atoms in total. The zero-order valence-corrected chi connectivity index (χ0v) is 19.1. The Labute approximate surface area is 191 Å². The molecule has 33 heavy (non-hydrogen) atoms. The number of hydrogen-bond acceptors (Lipinski definition) is 4. The average Bonchev–Trinajstić information content (AvgIpc) is 3.08. The predicted octanol–water partition coefficient (Wildman–Crippen LogP) is 2.84. The van der Waals surface area contributed by atoms with Crippen LogP contribution < -0.4 is 0 Å². The first-order valence-electron chi connectivity index (χ1n) is 10.5. The first kappa shape index (κ1) is 23.1. The molecule has 0 N–H and O–H groups in total. The second kappa shape index (κ2) is 9.03. The third-order valence-electron chi connectivity index (χ3n) is 5.89. The van der Waals surface area contributed by atoms with Crippen LogP contribution in [0.2, 0.25) is 0 Å². The van der Waals surface area contributed by atoms with E-state index in [1.807, 2.05) is 13.8 Å². The summed E-state index contributed by atoms with van der Waals surface area (Å²) in [6, 6.07) is 11.2. The van der Waals surface area contributed by atoms with E-state index in [-0.39, 0.29) is 49.2 Å². The summed E-state index contributed by atoms with van der Waals surface area (Å²) in [5.41, 5.74) is 2.97. The Morgan fingerprint density at radius 1 is 0.970 bits per heavy atom. The summed E-state index contributed by atoms with van der Waals surface area (Å²) in [5.74, 6) is -1.27. The summed E-state index contributed by atoms with van der Waals surface area (Å²) in [6.07, 6.45) is 0.124. The van der Waals surface area contributed by atoms with E-state index < -0.39 is 15.8 Å². The number of nitrogens with zero attached hydrogens (tertiary/aromatic N) is 4. The van der Waals surface area contributed by atoms with E-state index in [0.29, 0.717) is 11.4 Å². The molecule has 10 heteroatoms. The van der Waals surface area contributed by atoms with Crippen LogP contribution >= 0.6 is 0 Å². The lowest BCUT2D eigenvalue weighted by atomic mass is 10.1. The maximum atomic E-state index is 14.0. The van der Waals surface area contributed by atoms with Crippen LogP contribution in [0.3, 0.4) is 0 Å². The summed E-state index contributed by atoms with van der Waals surface area (Å²) in [4.78, 5) is 14.2. The van der Waals surface area contributed by atoms with Crippen molar-refractivity contribution in [2.75, 3.05) is 26.2 Å². The highest BCUT2D eigenvalue weighted by Crippen LogP contribution is 2.22. The molecule has 0 saturated carbocycles. The number of carbonyl (C=O) groups excluding carboxylic acids is 1. The zero-order chi connectivity index (χ0) is 23.8. The van der Waals surface area contributed by atoms with Crippen LogP contribution in [0.5, 0.6) is 0 Å². The number of halogens is 2. The second-order valence-electron chi connectivity index (χ2n) is 7.93. The van der Waals surface area contributed by atoms with Crippen LogP contribution in [0, 0.1) is 25.5 Å². The minimum absolute atomic E-state index is 0.0925. The van der Waals surface area contributed by atoms with E-state index in [9.17, 15) is 22.0 Å². The Morgan fingerprint density at radius 3 is 2.24 bits per heavy atom. The predicted molar refractivity (Wildman–Crippen MR) is 118 cm³/mol. The van der Waals surface area contributed by atoms with E-state index in [1.54, 1.807) is 21.7 Å². The summed E-state index contributed by atoms with van der Waals surface area (Å²) in [7, 11) is -3.96. The molecule has 1 saturated heterocycles. The molecule has 2 aromatic carbocycles. The summed E-state index contributed by atoms with van der Waals surface area (Å²) >= 11 is 0. The number of carbonyl (C=O) groups is 1. The quantitative estimate of drug-likeness (QED) is 0.570. The van der Waals surface area contributed by atoms with Gasteiger partial charge in [-0.1, -0.05) is 12.1 Å². The fourth-order valence-electron chi connectivity index (χ4n) is 4.00. The average molecular weight is 475 g/mol. The highest BCUT2D eigenvalue weighted by atomic mass is 32.2. The van der Waals surface area contributed by atoms with Gasteiger partial charge in [-0.3, -0.25) is 4.79 Å².